The third-order valence-electron chi connectivity index (χ3n) is 4.91. The lowest BCUT2D eigenvalue weighted by atomic mass is 10.0. The summed E-state index contributed by atoms with van der Waals surface area (Å²) in [5.41, 5.74) is 8.54. The van der Waals surface area contributed by atoms with Crippen molar-refractivity contribution in [1.29, 1.82) is 0 Å². The zero-order valence-electron chi connectivity index (χ0n) is 15.7. The van der Waals surface area contributed by atoms with E-state index >= 15 is 0 Å². The SMILES string of the molecule is Cc1ccc(C)c(O[C@@H](C)C(=O)N2CCC(n3cc(CN)nn3)CC2)c1. The van der Waals surface area contributed by atoms with Crippen molar-refractivity contribution in [3.63, 3.8) is 0 Å². The van der Waals surface area contributed by atoms with Gasteiger partial charge in [-0.05, 0) is 50.8 Å². The summed E-state index contributed by atoms with van der Waals surface area (Å²) in [7, 11) is 0. The molecule has 7 nitrogen and oxygen atoms in total. The number of ether oxygens (including phenoxy) is 1. The molecule has 1 aliphatic heterocycles. The molecule has 1 fully saturated rings. The largest absolute Gasteiger partial charge is 0.481 e. The minimum Gasteiger partial charge on any atom is -0.481 e. The van der Waals surface area contributed by atoms with Crippen molar-refractivity contribution >= 4 is 5.91 Å². The summed E-state index contributed by atoms with van der Waals surface area (Å²) in [4.78, 5) is 14.6. The van der Waals surface area contributed by atoms with Gasteiger partial charge in [0.05, 0.1) is 17.9 Å². The Kier molecular flexibility index (Phi) is 5.56. The van der Waals surface area contributed by atoms with Gasteiger partial charge in [0, 0.05) is 19.6 Å². The van der Waals surface area contributed by atoms with Crippen LogP contribution in [0.3, 0.4) is 0 Å². The Bertz CT molecular complexity index is 765. The van der Waals surface area contributed by atoms with Crippen molar-refractivity contribution in [2.75, 3.05) is 13.1 Å². The van der Waals surface area contributed by atoms with E-state index in [1.165, 1.54) is 0 Å². The van der Waals surface area contributed by atoms with Crippen LogP contribution in [0.15, 0.2) is 24.4 Å². The molecule has 0 spiro atoms. The van der Waals surface area contributed by atoms with Gasteiger partial charge in [-0.15, -0.1) is 5.10 Å². The summed E-state index contributed by atoms with van der Waals surface area (Å²) in [6, 6.07) is 6.30. The number of carbonyl (C=O) groups excluding carboxylic acids is 1. The number of aryl methyl sites for hydroxylation is 2. The molecule has 1 atom stereocenters. The molecule has 7 heteroatoms. The predicted molar refractivity (Wildman–Crippen MR) is 98.8 cm³/mol. The summed E-state index contributed by atoms with van der Waals surface area (Å²) in [5.74, 6) is 0.809. The topological polar surface area (TPSA) is 86.3 Å². The maximum atomic E-state index is 12.7. The van der Waals surface area contributed by atoms with Gasteiger partial charge in [-0.25, -0.2) is 4.68 Å². The molecular formula is C19H27N5O2. The number of nitrogens with zero attached hydrogens (tertiary/aromatic N) is 4. The van der Waals surface area contributed by atoms with Crippen LogP contribution >= 0.6 is 0 Å². The van der Waals surface area contributed by atoms with Crippen molar-refractivity contribution < 1.29 is 9.53 Å². The van der Waals surface area contributed by atoms with Crippen molar-refractivity contribution in [3.05, 3.63) is 41.2 Å². The summed E-state index contributed by atoms with van der Waals surface area (Å²) < 4.78 is 7.81. The fourth-order valence-electron chi connectivity index (χ4n) is 3.27. The van der Waals surface area contributed by atoms with E-state index in [4.69, 9.17) is 10.5 Å². The smallest absolute Gasteiger partial charge is 0.263 e. The molecular weight excluding hydrogens is 330 g/mol. The fourth-order valence-corrected chi connectivity index (χ4v) is 3.27. The highest BCUT2D eigenvalue weighted by molar-refractivity contribution is 5.81. The molecule has 0 saturated carbocycles. The molecule has 2 heterocycles. The van der Waals surface area contributed by atoms with E-state index in [1.54, 1.807) is 0 Å². The van der Waals surface area contributed by atoms with E-state index in [0.717, 1.165) is 35.4 Å². The first-order chi connectivity index (χ1) is 12.5. The highest BCUT2D eigenvalue weighted by Crippen LogP contribution is 2.24. The van der Waals surface area contributed by atoms with Gasteiger partial charge in [0.25, 0.3) is 5.91 Å². The molecule has 0 radical (unpaired) electrons. The maximum Gasteiger partial charge on any atom is 0.263 e. The number of hydrogen-bond donors (Lipinski definition) is 1. The van der Waals surface area contributed by atoms with Crippen molar-refractivity contribution in [3.8, 4) is 5.75 Å². The van der Waals surface area contributed by atoms with Crippen LogP contribution in [0, 0.1) is 13.8 Å². The summed E-state index contributed by atoms with van der Waals surface area (Å²) >= 11 is 0. The second kappa shape index (κ2) is 7.86. The number of carbonyl (C=O) groups is 1. The molecule has 140 valence electrons. The van der Waals surface area contributed by atoms with Crippen molar-refractivity contribution in [1.82, 2.24) is 19.9 Å². The number of rotatable bonds is 5. The molecule has 0 aliphatic carbocycles. The van der Waals surface area contributed by atoms with Gasteiger partial charge in [-0.3, -0.25) is 4.79 Å². The van der Waals surface area contributed by atoms with Gasteiger partial charge >= 0.3 is 0 Å². The van der Waals surface area contributed by atoms with Crippen LogP contribution in [0.1, 0.15) is 42.6 Å². The Morgan fingerprint density at radius 1 is 1.35 bits per heavy atom. The molecule has 0 bridgehead atoms. The van der Waals surface area contributed by atoms with E-state index in [9.17, 15) is 4.79 Å². The van der Waals surface area contributed by atoms with E-state index in [2.05, 4.69) is 10.3 Å². The second-order valence-electron chi connectivity index (χ2n) is 6.98. The monoisotopic (exact) mass is 357 g/mol. The summed E-state index contributed by atoms with van der Waals surface area (Å²) in [6.45, 7) is 7.62. The number of benzene rings is 1. The van der Waals surface area contributed by atoms with Gasteiger partial charge in [0.1, 0.15) is 5.75 Å². The van der Waals surface area contributed by atoms with E-state index in [-0.39, 0.29) is 11.9 Å². The summed E-state index contributed by atoms with van der Waals surface area (Å²) in [6.07, 6.45) is 3.11. The maximum absolute atomic E-state index is 12.7. The Balaban J connectivity index is 1.56. The van der Waals surface area contributed by atoms with Crippen molar-refractivity contribution in [2.45, 2.75) is 52.3 Å². The van der Waals surface area contributed by atoms with Gasteiger partial charge in [-0.1, -0.05) is 17.3 Å². The first-order valence-corrected chi connectivity index (χ1v) is 9.11. The Hall–Kier alpha value is -2.41. The normalized spacial score (nSPS) is 16.5. The van der Waals surface area contributed by atoms with Crippen LogP contribution in [-0.2, 0) is 11.3 Å². The molecule has 2 N–H and O–H groups in total. The fraction of sp³-hybridized carbons (Fsp3) is 0.526. The number of hydrogen-bond acceptors (Lipinski definition) is 5. The van der Waals surface area contributed by atoms with Crippen LogP contribution < -0.4 is 10.5 Å². The van der Waals surface area contributed by atoms with Gasteiger partial charge in [0.2, 0.25) is 0 Å². The quantitative estimate of drug-likeness (QED) is 0.884. The van der Waals surface area contributed by atoms with Crippen LogP contribution in [0.5, 0.6) is 5.75 Å². The molecule has 1 aromatic carbocycles. The van der Waals surface area contributed by atoms with E-state index < -0.39 is 6.10 Å². The van der Waals surface area contributed by atoms with Gasteiger partial charge < -0.3 is 15.4 Å². The predicted octanol–water partition coefficient (Wildman–Crippen LogP) is 1.98. The minimum atomic E-state index is -0.498. The van der Waals surface area contributed by atoms with Crippen LogP contribution in [-0.4, -0.2) is 45.0 Å². The Labute approximate surface area is 154 Å². The minimum absolute atomic E-state index is 0.0330. The number of likely N-dealkylation sites (tertiary alicyclic amines) is 1. The zero-order valence-corrected chi connectivity index (χ0v) is 15.7. The lowest BCUT2D eigenvalue weighted by Gasteiger charge is -2.33. The molecule has 1 aliphatic rings. The summed E-state index contributed by atoms with van der Waals surface area (Å²) in [5, 5.41) is 8.19. The van der Waals surface area contributed by atoms with Crippen LogP contribution in [0.4, 0.5) is 0 Å². The zero-order chi connectivity index (χ0) is 18.7. The second-order valence-corrected chi connectivity index (χ2v) is 6.98. The Morgan fingerprint density at radius 3 is 2.73 bits per heavy atom. The highest BCUT2D eigenvalue weighted by atomic mass is 16.5. The standard InChI is InChI=1S/C19H27N5O2/c1-13-4-5-14(2)18(10-13)26-15(3)19(25)23-8-6-17(7-9-23)24-12-16(11-20)21-22-24/h4-5,10,12,15,17H,6-9,11,20H2,1-3H3/t15-/m0/s1. The third kappa shape index (κ3) is 4.04. The molecule has 2 aromatic rings. The highest BCUT2D eigenvalue weighted by Gasteiger charge is 2.28. The van der Waals surface area contributed by atoms with E-state index in [1.807, 2.05) is 54.7 Å². The molecule has 3 rings (SSSR count). The van der Waals surface area contributed by atoms with Crippen molar-refractivity contribution in [2.24, 2.45) is 5.73 Å². The number of amides is 1. The first-order valence-electron chi connectivity index (χ1n) is 9.11. The molecule has 1 aromatic heterocycles. The average molecular weight is 357 g/mol. The van der Waals surface area contributed by atoms with E-state index in [0.29, 0.717) is 19.6 Å². The molecule has 0 unspecified atom stereocenters. The number of nitrogens with two attached hydrogens (primary N) is 1. The number of piperidine rings is 1. The lowest BCUT2D eigenvalue weighted by Crippen LogP contribution is -2.45. The molecule has 1 amide bonds. The Morgan fingerprint density at radius 2 is 2.08 bits per heavy atom. The first kappa shape index (κ1) is 18.4. The molecule has 1 saturated heterocycles. The van der Waals surface area contributed by atoms with Gasteiger partial charge in [-0.2, -0.15) is 0 Å². The average Bonchev–Trinajstić information content (AvgIpc) is 3.13. The van der Waals surface area contributed by atoms with Crippen LogP contribution in [0.25, 0.3) is 0 Å². The van der Waals surface area contributed by atoms with Gasteiger partial charge in [0.15, 0.2) is 6.10 Å². The van der Waals surface area contributed by atoms with Crippen LogP contribution in [0.2, 0.25) is 0 Å². The number of aromatic nitrogens is 3. The molecule has 26 heavy (non-hydrogen) atoms. The third-order valence-corrected chi connectivity index (χ3v) is 4.91. The lowest BCUT2D eigenvalue weighted by molar-refractivity contribution is -0.139.